The Balaban J connectivity index is 2.28. The zero-order valence-electron chi connectivity index (χ0n) is 11.9. The highest BCUT2D eigenvalue weighted by Gasteiger charge is 2.14. The van der Waals surface area contributed by atoms with Crippen LogP contribution in [0.3, 0.4) is 0 Å². The second-order valence-electron chi connectivity index (χ2n) is 4.56. The molecule has 0 bridgehead atoms. The number of aryl methyl sites for hydroxylation is 1. The van der Waals surface area contributed by atoms with Gasteiger partial charge in [0, 0.05) is 20.1 Å². The fraction of sp³-hybridized carbons (Fsp3) is 0.286. The molecular formula is C14H17N5O2. The van der Waals surface area contributed by atoms with Crippen LogP contribution < -0.4 is 5.56 Å². The third-order valence-corrected chi connectivity index (χ3v) is 3.08. The smallest absolute Gasteiger partial charge is 0.264 e. The second-order valence-corrected chi connectivity index (χ2v) is 4.56. The highest BCUT2D eigenvalue weighted by Crippen LogP contribution is 2.03. The van der Waals surface area contributed by atoms with Gasteiger partial charge in [-0.3, -0.25) is 18.8 Å². The molecule has 0 aromatic carbocycles. The molecule has 0 aliphatic rings. The summed E-state index contributed by atoms with van der Waals surface area (Å²) in [7, 11) is 1.71. The molecule has 1 amide bonds. The Bertz CT molecular complexity index is 733. The summed E-state index contributed by atoms with van der Waals surface area (Å²) in [6.45, 7) is 7.97. The van der Waals surface area contributed by atoms with Gasteiger partial charge in [-0.1, -0.05) is 12.2 Å². The van der Waals surface area contributed by atoms with E-state index in [-0.39, 0.29) is 18.0 Å². The maximum Gasteiger partial charge on any atom is 0.264 e. The van der Waals surface area contributed by atoms with Gasteiger partial charge in [0.25, 0.3) is 5.56 Å². The number of aromatic nitrogens is 4. The van der Waals surface area contributed by atoms with E-state index >= 15 is 0 Å². The highest BCUT2D eigenvalue weighted by molar-refractivity contribution is 5.77. The van der Waals surface area contributed by atoms with E-state index in [4.69, 9.17) is 0 Å². The van der Waals surface area contributed by atoms with Gasteiger partial charge in [0.15, 0.2) is 5.65 Å². The summed E-state index contributed by atoms with van der Waals surface area (Å²) in [5.41, 5.74) is 0.219. The first-order chi connectivity index (χ1) is 10.1. The van der Waals surface area contributed by atoms with Crippen molar-refractivity contribution < 1.29 is 4.79 Å². The van der Waals surface area contributed by atoms with E-state index in [0.717, 1.165) is 0 Å². The van der Waals surface area contributed by atoms with Crippen molar-refractivity contribution >= 4 is 16.9 Å². The van der Waals surface area contributed by atoms with Gasteiger partial charge >= 0.3 is 0 Å². The van der Waals surface area contributed by atoms with Gasteiger partial charge < -0.3 is 4.90 Å². The van der Waals surface area contributed by atoms with Crippen LogP contribution in [-0.4, -0.2) is 43.2 Å². The van der Waals surface area contributed by atoms with E-state index in [1.54, 1.807) is 24.1 Å². The molecule has 0 aliphatic carbocycles. The van der Waals surface area contributed by atoms with Gasteiger partial charge in [-0.05, 0) is 0 Å². The zero-order valence-corrected chi connectivity index (χ0v) is 11.9. The Morgan fingerprint density at radius 2 is 2.05 bits per heavy atom. The van der Waals surface area contributed by atoms with Crippen LogP contribution >= 0.6 is 0 Å². The largest absolute Gasteiger partial charge is 0.334 e. The molecule has 110 valence electrons. The first-order valence-electron chi connectivity index (χ1n) is 6.45. The monoisotopic (exact) mass is 287 g/mol. The molecule has 0 N–H and O–H groups in total. The Kier molecular flexibility index (Phi) is 4.32. The minimum Gasteiger partial charge on any atom is -0.334 e. The van der Waals surface area contributed by atoms with Gasteiger partial charge in [0.05, 0.1) is 6.20 Å². The normalized spacial score (nSPS) is 10.5. The third kappa shape index (κ3) is 2.91. The van der Waals surface area contributed by atoms with E-state index in [0.29, 0.717) is 24.1 Å². The van der Waals surface area contributed by atoms with Crippen molar-refractivity contribution in [1.29, 1.82) is 0 Å². The molecule has 0 fully saturated rings. The molecule has 0 unspecified atom stereocenters. The van der Waals surface area contributed by atoms with Crippen molar-refractivity contribution in [2.75, 3.05) is 13.1 Å². The molecule has 0 saturated heterocycles. The maximum absolute atomic E-state index is 12.3. The fourth-order valence-corrected chi connectivity index (χ4v) is 2.01. The molecule has 0 aliphatic heterocycles. The maximum atomic E-state index is 12.3. The fourth-order valence-electron chi connectivity index (χ4n) is 2.01. The first kappa shape index (κ1) is 14.7. The lowest BCUT2D eigenvalue weighted by Crippen LogP contribution is -2.36. The SMILES string of the molecule is C=CCN(CC=C)C(=O)Cn1cnc2c(cnn2C)c1=O. The van der Waals surface area contributed by atoms with Crippen LogP contribution in [0.2, 0.25) is 0 Å². The van der Waals surface area contributed by atoms with Crippen LogP contribution in [0, 0.1) is 0 Å². The van der Waals surface area contributed by atoms with Crippen molar-refractivity contribution in [3.8, 4) is 0 Å². The number of fused-ring (bicyclic) bond motifs is 1. The average Bonchev–Trinajstić information content (AvgIpc) is 2.84. The van der Waals surface area contributed by atoms with E-state index in [2.05, 4.69) is 23.2 Å². The van der Waals surface area contributed by atoms with Gasteiger partial charge in [-0.15, -0.1) is 13.2 Å². The lowest BCUT2D eigenvalue weighted by molar-refractivity contribution is -0.130. The van der Waals surface area contributed by atoms with Crippen LogP contribution in [-0.2, 0) is 18.4 Å². The van der Waals surface area contributed by atoms with E-state index in [1.807, 2.05) is 0 Å². The lowest BCUT2D eigenvalue weighted by atomic mass is 10.4. The first-order valence-corrected chi connectivity index (χ1v) is 6.45. The minimum atomic E-state index is -0.279. The predicted octanol–water partition coefficient (Wildman–Crippen LogP) is 0.331. The molecule has 0 atom stereocenters. The van der Waals surface area contributed by atoms with Crippen molar-refractivity contribution in [2.45, 2.75) is 6.54 Å². The predicted molar refractivity (Wildman–Crippen MR) is 79.7 cm³/mol. The number of amides is 1. The zero-order chi connectivity index (χ0) is 15.4. The van der Waals surface area contributed by atoms with E-state index < -0.39 is 0 Å². The number of hydrogen-bond acceptors (Lipinski definition) is 4. The Morgan fingerprint density at radius 1 is 1.38 bits per heavy atom. The van der Waals surface area contributed by atoms with Crippen LogP contribution in [0.5, 0.6) is 0 Å². The number of nitrogens with zero attached hydrogens (tertiary/aromatic N) is 5. The lowest BCUT2D eigenvalue weighted by Gasteiger charge is -2.19. The molecule has 2 aromatic heterocycles. The van der Waals surface area contributed by atoms with Gasteiger partial charge in [0.1, 0.15) is 18.3 Å². The second kappa shape index (κ2) is 6.17. The summed E-state index contributed by atoms with van der Waals surface area (Å²) in [6, 6.07) is 0. The van der Waals surface area contributed by atoms with Gasteiger partial charge in [-0.2, -0.15) is 5.10 Å². The molecule has 7 heteroatoms. The number of hydrogen-bond donors (Lipinski definition) is 0. The summed E-state index contributed by atoms with van der Waals surface area (Å²) < 4.78 is 2.80. The Labute approximate surface area is 121 Å². The molecule has 7 nitrogen and oxygen atoms in total. The Morgan fingerprint density at radius 3 is 2.67 bits per heavy atom. The van der Waals surface area contributed by atoms with Crippen LogP contribution in [0.1, 0.15) is 0 Å². The summed E-state index contributed by atoms with van der Waals surface area (Å²) in [5, 5.41) is 4.38. The number of carbonyl (C=O) groups is 1. The van der Waals surface area contributed by atoms with Gasteiger partial charge in [-0.25, -0.2) is 4.98 Å². The van der Waals surface area contributed by atoms with Crippen LogP contribution in [0.25, 0.3) is 11.0 Å². The molecule has 2 heterocycles. The molecule has 0 saturated carbocycles. The molecule has 0 radical (unpaired) electrons. The summed E-state index contributed by atoms with van der Waals surface area (Å²) >= 11 is 0. The molecular weight excluding hydrogens is 270 g/mol. The van der Waals surface area contributed by atoms with Crippen molar-refractivity contribution in [1.82, 2.24) is 24.2 Å². The quantitative estimate of drug-likeness (QED) is 0.718. The minimum absolute atomic E-state index is 0.0711. The summed E-state index contributed by atoms with van der Waals surface area (Å²) in [5.74, 6) is -0.193. The molecule has 21 heavy (non-hydrogen) atoms. The standard InChI is InChI=1S/C14H17N5O2/c1-4-6-18(7-5-2)12(20)9-19-10-15-13-11(14(19)21)8-16-17(13)3/h4-5,8,10H,1-2,6-7,9H2,3H3. The topological polar surface area (TPSA) is 73.0 Å². The van der Waals surface area contributed by atoms with Crippen molar-refractivity contribution in [3.05, 3.63) is 48.2 Å². The highest BCUT2D eigenvalue weighted by atomic mass is 16.2. The van der Waals surface area contributed by atoms with Gasteiger partial charge in [0.2, 0.25) is 5.91 Å². The molecule has 0 spiro atoms. The van der Waals surface area contributed by atoms with Crippen LogP contribution in [0.15, 0.2) is 42.6 Å². The van der Waals surface area contributed by atoms with E-state index in [1.165, 1.54) is 21.8 Å². The number of carbonyl (C=O) groups excluding carboxylic acids is 1. The van der Waals surface area contributed by atoms with Crippen LogP contribution in [0.4, 0.5) is 0 Å². The number of rotatable bonds is 6. The molecule has 2 rings (SSSR count). The average molecular weight is 287 g/mol. The Hall–Kier alpha value is -2.70. The van der Waals surface area contributed by atoms with Crippen molar-refractivity contribution in [3.63, 3.8) is 0 Å². The third-order valence-electron chi connectivity index (χ3n) is 3.08. The van der Waals surface area contributed by atoms with E-state index in [9.17, 15) is 9.59 Å². The van der Waals surface area contributed by atoms with Crippen molar-refractivity contribution in [2.24, 2.45) is 7.05 Å². The summed E-state index contributed by atoms with van der Waals surface area (Å²) in [4.78, 5) is 30.2. The molecule has 2 aromatic rings. The summed E-state index contributed by atoms with van der Waals surface area (Å²) in [6.07, 6.45) is 6.08.